The summed E-state index contributed by atoms with van der Waals surface area (Å²) in [5.41, 5.74) is -1.92. The van der Waals surface area contributed by atoms with Gasteiger partial charge in [0.2, 0.25) is 0 Å². The molecule has 2 aliphatic heterocycles. The van der Waals surface area contributed by atoms with Crippen LogP contribution in [0.3, 0.4) is 0 Å². The number of ether oxygens (including phenoxy) is 4. The number of aliphatic carboxylic acids is 2. The first-order valence-corrected chi connectivity index (χ1v) is 12.4. The molecule has 0 aromatic carbocycles. The van der Waals surface area contributed by atoms with Crippen molar-refractivity contribution in [3.63, 3.8) is 0 Å². The number of carboxylic acid groups (broad SMARTS) is 2. The Morgan fingerprint density at radius 3 is 1.45 bits per heavy atom. The summed E-state index contributed by atoms with van der Waals surface area (Å²) in [6.07, 6.45) is -1.25. The van der Waals surface area contributed by atoms with Crippen LogP contribution in [0.4, 0.5) is 14.4 Å². The van der Waals surface area contributed by atoms with Gasteiger partial charge in [0.25, 0.3) is 0 Å². The fourth-order valence-electron chi connectivity index (χ4n) is 2.93. The van der Waals surface area contributed by atoms with Crippen molar-refractivity contribution in [3.05, 3.63) is 0 Å². The Kier molecular flexibility index (Phi) is 13.5. The van der Waals surface area contributed by atoms with Crippen LogP contribution in [0, 0.1) is 11.8 Å². The van der Waals surface area contributed by atoms with E-state index in [4.69, 9.17) is 24.4 Å². The molecule has 13 heteroatoms. The monoisotopic (exact) mass is 548 g/mol. The second kappa shape index (κ2) is 14.7. The average Bonchev–Trinajstić information content (AvgIpc) is 3.37. The maximum absolute atomic E-state index is 11.5. The summed E-state index contributed by atoms with van der Waals surface area (Å²) in [7, 11) is 0. The lowest BCUT2D eigenvalue weighted by Gasteiger charge is -2.24. The third-order valence-electron chi connectivity index (χ3n) is 4.54. The zero-order valence-electron chi connectivity index (χ0n) is 23.9. The van der Waals surface area contributed by atoms with Crippen molar-refractivity contribution < 1.29 is 53.1 Å². The van der Waals surface area contributed by atoms with Gasteiger partial charge in [0, 0.05) is 19.6 Å². The van der Waals surface area contributed by atoms with Crippen molar-refractivity contribution in [2.24, 2.45) is 11.8 Å². The van der Waals surface area contributed by atoms with Crippen molar-refractivity contribution in [1.82, 2.24) is 10.2 Å². The number of amides is 1. The number of carbonyl (C=O) groups excluding carboxylic acids is 3. The minimum Gasteiger partial charge on any atom is -0.481 e. The van der Waals surface area contributed by atoms with Crippen molar-refractivity contribution in [2.75, 3.05) is 26.2 Å². The topological polar surface area (TPSA) is 178 Å². The van der Waals surface area contributed by atoms with Gasteiger partial charge in [0.15, 0.2) is 0 Å². The minimum atomic E-state index is -1.06. The quantitative estimate of drug-likeness (QED) is 0.258. The van der Waals surface area contributed by atoms with Gasteiger partial charge in [0.05, 0.1) is 11.8 Å². The smallest absolute Gasteiger partial charge is 0.481 e. The van der Waals surface area contributed by atoms with E-state index in [0.717, 1.165) is 13.0 Å². The number of hydrogen-bond donors (Lipinski definition) is 3. The van der Waals surface area contributed by atoms with Crippen molar-refractivity contribution in [3.8, 4) is 0 Å². The number of likely N-dealkylation sites (tertiary alicyclic amines) is 1. The lowest BCUT2D eigenvalue weighted by molar-refractivity contribution is -0.142. The molecule has 0 aromatic heterocycles. The summed E-state index contributed by atoms with van der Waals surface area (Å²) in [5.74, 6) is -2.09. The Balaban J connectivity index is 0.000000565. The van der Waals surface area contributed by atoms with Crippen LogP contribution in [0.2, 0.25) is 0 Å². The minimum absolute atomic E-state index is 0.130. The highest BCUT2D eigenvalue weighted by Crippen LogP contribution is 2.19. The Morgan fingerprint density at radius 2 is 1.16 bits per heavy atom. The fourth-order valence-corrected chi connectivity index (χ4v) is 2.93. The van der Waals surface area contributed by atoms with Gasteiger partial charge in [0.1, 0.15) is 16.8 Å². The molecule has 0 aliphatic carbocycles. The predicted molar refractivity (Wildman–Crippen MR) is 136 cm³/mol. The van der Waals surface area contributed by atoms with E-state index in [9.17, 15) is 24.0 Å². The normalized spacial score (nSPS) is 19.1. The SMILES string of the molecule is CC(C)(C)OC(=O)N1CCC(C(=O)O)C1.CC(C)(C)OC(=O)OC(=O)OC(C)(C)C.O=C(O)C1CCNC1. The maximum atomic E-state index is 11.5. The lowest BCUT2D eigenvalue weighted by Crippen LogP contribution is -2.35. The molecule has 13 nitrogen and oxygen atoms in total. The Morgan fingerprint density at radius 1 is 0.711 bits per heavy atom. The third kappa shape index (κ3) is 17.4. The second-order valence-corrected chi connectivity index (χ2v) is 11.8. The van der Waals surface area contributed by atoms with Gasteiger partial charge in [-0.1, -0.05) is 0 Å². The van der Waals surface area contributed by atoms with E-state index in [-0.39, 0.29) is 12.5 Å². The van der Waals surface area contributed by atoms with E-state index < -0.39 is 53.1 Å². The number of carboxylic acids is 2. The van der Waals surface area contributed by atoms with Gasteiger partial charge in [-0.05, 0) is 81.7 Å². The number of carbonyl (C=O) groups is 5. The molecule has 220 valence electrons. The molecule has 0 bridgehead atoms. The van der Waals surface area contributed by atoms with Crippen LogP contribution in [0.15, 0.2) is 0 Å². The first-order valence-electron chi connectivity index (χ1n) is 12.4. The molecular formula is C25H44N2O11. The molecule has 2 fully saturated rings. The standard InChI is InChI=1S/C10H17NO4.C10H18O5.C5H9NO2/c1-10(2,3)15-9(14)11-5-4-7(6-11)8(12)13;1-9(2,3)14-7(11)13-8(12)15-10(4,5)6;7-5(8)4-1-2-6-3-4/h7H,4-6H2,1-3H3,(H,12,13);1-6H3;4,6H,1-3H2,(H,7,8). The summed E-state index contributed by atoms with van der Waals surface area (Å²) in [5, 5.41) is 20.1. The largest absolute Gasteiger partial charge is 0.519 e. The molecule has 2 atom stereocenters. The van der Waals surface area contributed by atoms with E-state index >= 15 is 0 Å². The highest BCUT2D eigenvalue weighted by Gasteiger charge is 2.33. The van der Waals surface area contributed by atoms with Crippen LogP contribution in [-0.4, -0.2) is 88.4 Å². The Hall–Kier alpha value is -3.09. The maximum Gasteiger partial charge on any atom is 0.519 e. The molecule has 0 spiro atoms. The fraction of sp³-hybridized carbons (Fsp3) is 0.800. The summed E-state index contributed by atoms with van der Waals surface area (Å²) >= 11 is 0. The molecule has 2 unspecified atom stereocenters. The summed E-state index contributed by atoms with van der Waals surface area (Å²) in [6, 6.07) is 0. The Bertz CT molecular complexity index is 791. The van der Waals surface area contributed by atoms with Gasteiger partial charge in [-0.2, -0.15) is 0 Å². The zero-order valence-corrected chi connectivity index (χ0v) is 23.9. The first-order chi connectivity index (χ1) is 17.1. The van der Waals surface area contributed by atoms with Crippen LogP contribution in [0.5, 0.6) is 0 Å². The van der Waals surface area contributed by atoms with Crippen molar-refractivity contribution in [1.29, 1.82) is 0 Å². The number of nitrogens with zero attached hydrogens (tertiary/aromatic N) is 1. The average molecular weight is 549 g/mol. The van der Waals surface area contributed by atoms with Gasteiger partial charge >= 0.3 is 30.3 Å². The van der Waals surface area contributed by atoms with Gasteiger partial charge in [-0.15, -0.1) is 0 Å². The zero-order chi connectivity index (χ0) is 29.9. The molecule has 3 N–H and O–H groups in total. The third-order valence-corrected chi connectivity index (χ3v) is 4.54. The van der Waals surface area contributed by atoms with Crippen LogP contribution in [-0.2, 0) is 28.5 Å². The lowest BCUT2D eigenvalue weighted by atomic mass is 10.1. The molecule has 2 heterocycles. The van der Waals surface area contributed by atoms with Gasteiger partial charge in [-0.25, -0.2) is 14.4 Å². The van der Waals surface area contributed by atoms with E-state index in [0.29, 0.717) is 19.5 Å². The first kappa shape index (κ1) is 34.9. The highest BCUT2D eigenvalue weighted by atomic mass is 16.8. The van der Waals surface area contributed by atoms with E-state index in [1.165, 1.54) is 4.90 Å². The van der Waals surface area contributed by atoms with Crippen LogP contribution < -0.4 is 5.32 Å². The highest BCUT2D eigenvalue weighted by molar-refractivity contribution is 5.77. The molecule has 2 aliphatic rings. The van der Waals surface area contributed by atoms with E-state index in [1.807, 2.05) is 0 Å². The molecule has 0 saturated carbocycles. The number of rotatable bonds is 2. The molecule has 2 saturated heterocycles. The van der Waals surface area contributed by atoms with Crippen LogP contribution in [0.1, 0.15) is 75.2 Å². The van der Waals surface area contributed by atoms with E-state index in [1.54, 1.807) is 62.3 Å². The number of nitrogens with one attached hydrogen (secondary N) is 1. The van der Waals surface area contributed by atoms with Crippen molar-refractivity contribution in [2.45, 2.75) is 92.0 Å². The molecule has 1 amide bonds. The predicted octanol–water partition coefficient (Wildman–Crippen LogP) is 3.88. The molecular weight excluding hydrogens is 504 g/mol. The Labute approximate surface area is 224 Å². The second-order valence-electron chi connectivity index (χ2n) is 11.8. The molecule has 0 aromatic rings. The van der Waals surface area contributed by atoms with Gasteiger partial charge in [-0.3, -0.25) is 9.59 Å². The molecule has 2 rings (SSSR count). The summed E-state index contributed by atoms with van der Waals surface area (Å²) < 4.78 is 18.9. The van der Waals surface area contributed by atoms with Crippen LogP contribution >= 0.6 is 0 Å². The van der Waals surface area contributed by atoms with E-state index in [2.05, 4.69) is 10.1 Å². The molecule has 38 heavy (non-hydrogen) atoms. The molecule has 0 radical (unpaired) electrons. The summed E-state index contributed by atoms with van der Waals surface area (Å²) in [4.78, 5) is 55.8. The van der Waals surface area contributed by atoms with Crippen LogP contribution in [0.25, 0.3) is 0 Å². The number of hydrogen-bond acceptors (Lipinski definition) is 10. The van der Waals surface area contributed by atoms with Gasteiger partial charge < -0.3 is 39.4 Å². The summed E-state index contributed by atoms with van der Waals surface area (Å²) in [6.45, 7) is 17.6. The van der Waals surface area contributed by atoms with Crippen molar-refractivity contribution >= 4 is 30.3 Å².